The van der Waals surface area contributed by atoms with Gasteiger partial charge in [0.2, 0.25) is 5.91 Å². The van der Waals surface area contributed by atoms with Crippen molar-refractivity contribution in [3.63, 3.8) is 0 Å². The molecule has 126 valence electrons. The molecule has 1 aromatic rings. The fourth-order valence-electron chi connectivity index (χ4n) is 2.01. The van der Waals surface area contributed by atoms with Gasteiger partial charge in [-0.3, -0.25) is 19.7 Å². The van der Waals surface area contributed by atoms with E-state index in [1.54, 1.807) is 12.1 Å². The van der Waals surface area contributed by atoms with Crippen molar-refractivity contribution in [3.8, 4) is 0 Å². The zero-order chi connectivity index (χ0) is 17.5. The molecule has 0 aromatic heterocycles. The van der Waals surface area contributed by atoms with Crippen molar-refractivity contribution in [2.75, 3.05) is 6.54 Å². The van der Waals surface area contributed by atoms with Gasteiger partial charge in [0.05, 0.1) is 10.3 Å². The Morgan fingerprint density at radius 2 is 1.83 bits per heavy atom. The van der Waals surface area contributed by atoms with Gasteiger partial charge >= 0.3 is 5.97 Å². The third-order valence-corrected chi connectivity index (χ3v) is 3.54. The number of unbranched alkanes of at least 4 members (excludes halogenated alkanes) is 1. The van der Waals surface area contributed by atoms with Crippen molar-refractivity contribution >= 4 is 17.6 Å². The van der Waals surface area contributed by atoms with Crippen molar-refractivity contribution < 1.29 is 19.6 Å². The van der Waals surface area contributed by atoms with Crippen molar-refractivity contribution in [3.05, 3.63) is 39.9 Å². The summed E-state index contributed by atoms with van der Waals surface area (Å²) in [6, 6.07) is 6.41. The summed E-state index contributed by atoms with van der Waals surface area (Å²) in [5.41, 5.74) is 0.0130. The minimum atomic E-state index is -1.07. The molecular weight excluding hydrogens is 300 g/mol. The smallest absolute Gasteiger partial charge is 0.309 e. The highest BCUT2D eigenvalue weighted by Gasteiger charge is 2.29. The standard InChI is InChI=1S/C16H22N2O5/c1-16(2,15(20)21)11-14(19)17-10-4-3-5-12-6-8-13(9-7-12)18(22)23/h6-9H,3-5,10-11H2,1-2H3,(H,17,19)(H,20,21). The van der Waals surface area contributed by atoms with Crippen LogP contribution < -0.4 is 5.32 Å². The van der Waals surface area contributed by atoms with Gasteiger partial charge in [-0.2, -0.15) is 0 Å². The average molecular weight is 322 g/mol. The number of nitro benzene ring substituents is 1. The molecule has 0 radical (unpaired) electrons. The number of nitrogens with one attached hydrogen (secondary N) is 1. The molecule has 0 bridgehead atoms. The summed E-state index contributed by atoms with van der Waals surface area (Å²) in [6.45, 7) is 3.52. The molecule has 0 saturated heterocycles. The van der Waals surface area contributed by atoms with Gasteiger partial charge in [-0.05, 0) is 38.7 Å². The third kappa shape index (κ3) is 6.46. The monoisotopic (exact) mass is 322 g/mol. The second-order valence-electron chi connectivity index (χ2n) is 6.10. The van der Waals surface area contributed by atoms with Crippen LogP contribution in [0.3, 0.4) is 0 Å². The molecule has 7 heteroatoms. The van der Waals surface area contributed by atoms with E-state index in [-0.39, 0.29) is 18.0 Å². The molecule has 0 aliphatic rings. The summed E-state index contributed by atoms with van der Waals surface area (Å²) in [4.78, 5) is 32.7. The van der Waals surface area contributed by atoms with E-state index in [9.17, 15) is 19.7 Å². The number of hydrogen-bond donors (Lipinski definition) is 2. The second kappa shape index (κ2) is 8.26. The first kappa shape index (κ1) is 18.6. The molecule has 1 rings (SSSR count). The lowest BCUT2D eigenvalue weighted by Gasteiger charge is -2.18. The molecule has 0 spiro atoms. The molecule has 0 atom stereocenters. The zero-order valence-corrected chi connectivity index (χ0v) is 13.4. The van der Waals surface area contributed by atoms with E-state index in [2.05, 4.69) is 5.32 Å². The lowest BCUT2D eigenvalue weighted by atomic mass is 9.89. The number of nitro groups is 1. The van der Waals surface area contributed by atoms with E-state index >= 15 is 0 Å². The molecule has 1 amide bonds. The largest absolute Gasteiger partial charge is 0.481 e. The van der Waals surface area contributed by atoms with Gasteiger partial charge in [0.25, 0.3) is 5.69 Å². The van der Waals surface area contributed by atoms with Crippen LogP contribution in [-0.2, 0) is 16.0 Å². The quantitative estimate of drug-likeness (QED) is 0.412. The van der Waals surface area contributed by atoms with Crippen LogP contribution in [0.25, 0.3) is 0 Å². The molecule has 1 aromatic carbocycles. The number of nitrogens with zero attached hydrogens (tertiary/aromatic N) is 1. The Kier molecular flexibility index (Phi) is 6.68. The molecule has 0 aliphatic carbocycles. The van der Waals surface area contributed by atoms with Gasteiger partial charge in [-0.15, -0.1) is 0 Å². The molecule has 0 saturated carbocycles. The number of carbonyl (C=O) groups excluding carboxylic acids is 1. The highest BCUT2D eigenvalue weighted by atomic mass is 16.6. The summed E-state index contributed by atoms with van der Waals surface area (Å²) in [6.07, 6.45) is 2.32. The molecule has 23 heavy (non-hydrogen) atoms. The fourth-order valence-corrected chi connectivity index (χ4v) is 2.01. The average Bonchev–Trinajstić information content (AvgIpc) is 2.46. The number of rotatable bonds is 9. The number of aryl methyl sites for hydroxylation is 1. The lowest BCUT2D eigenvalue weighted by Crippen LogP contribution is -2.33. The topological polar surface area (TPSA) is 110 Å². The molecule has 0 aliphatic heterocycles. The highest BCUT2D eigenvalue weighted by Crippen LogP contribution is 2.20. The maximum absolute atomic E-state index is 11.7. The molecule has 0 unspecified atom stereocenters. The van der Waals surface area contributed by atoms with Crippen LogP contribution >= 0.6 is 0 Å². The third-order valence-electron chi connectivity index (χ3n) is 3.54. The minimum absolute atomic E-state index is 0.0509. The Balaban J connectivity index is 2.24. The normalized spacial score (nSPS) is 11.0. The molecule has 2 N–H and O–H groups in total. The SMILES string of the molecule is CC(C)(CC(=O)NCCCCc1ccc([N+](=O)[O-])cc1)C(=O)O. The lowest BCUT2D eigenvalue weighted by molar-refractivity contribution is -0.384. The summed E-state index contributed by atoms with van der Waals surface area (Å²) in [5, 5.41) is 22.2. The van der Waals surface area contributed by atoms with Crippen LogP contribution in [0.15, 0.2) is 24.3 Å². The number of carbonyl (C=O) groups is 2. The Morgan fingerprint density at radius 3 is 2.35 bits per heavy atom. The number of amides is 1. The van der Waals surface area contributed by atoms with Crippen molar-refractivity contribution in [2.45, 2.75) is 39.5 Å². The Labute approximate surface area is 134 Å². The van der Waals surface area contributed by atoms with Gasteiger partial charge in [0.1, 0.15) is 0 Å². The van der Waals surface area contributed by atoms with E-state index in [4.69, 9.17) is 5.11 Å². The van der Waals surface area contributed by atoms with Crippen LogP contribution in [0.2, 0.25) is 0 Å². The molecule has 7 nitrogen and oxygen atoms in total. The first-order valence-electron chi connectivity index (χ1n) is 7.46. The van der Waals surface area contributed by atoms with E-state index < -0.39 is 16.3 Å². The first-order valence-corrected chi connectivity index (χ1v) is 7.46. The number of carboxylic acid groups (broad SMARTS) is 1. The number of non-ortho nitro benzene ring substituents is 1. The number of carboxylic acids is 1. The summed E-state index contributed by atoms with van der Waals surface area (Å²) < 4.78 is 0. The predicted molar refractivity (Wildman–Crippen MR) is 85.1 cm³/mol. The Morgan fingerprint density at radius 1 is 1.22 bits per heavy atom. The first-order chi connectivity index (χ1) is 10.7. The van der Waals surface area contributed by atoms with Crippen molar-refractivity contribution in [2.24, 2.45) is 5.41 Å². The van der Waals surface area contributed by atoms with Crippen LogP contribution in [-0.4, -0.2) is 28.5 Å². The van der Waals surface area contributed by atoms with E-state index in [1.807, 2.05) is 0 Å². The van der Waals surface area contributed by atoms with Gasteiger partial charge in [0.15, 0.2) is 0 Å². The summed E-state index contributed by atoms with van der Waals surface area (Å²) >= 11 is 0. The zero-order valence-electron chi connectivity index (χ0n) is 13.4. The van der Waals surface area contributed by atoms with Crippen LogP contribution in [0.4, 0.5) is 5.69 Å². The fraction of sp³-hybridized carbons (Fsp3) is 0.500. The summed E-state index contributed by atoms with van der Waals surface area (Å²) in [7, 11) is 0. The maximum Gasteiger partial charge on any atom is 0.309 e. The summed E-state index contributed by atoms with van der Waals surface area (Å²) in [5.74, 6) is -1.27. The Hall–Kier alpha value is -2.44. The van der Waals surface area contributed by atoms with Gasteiger partial charge in [-0.25, -0.2) is 0 Å². The van der Waals surface area contributed by atoms with Crippen LogP contribution in [0.1, 0.15) is 38.7 Å². The van der Waals surface area contributed by atoms with Crippen LogP contribution in [0, 0.1) is 15.5 Å². The number of aliphatic carboxylic acids is 1. The molecule has 0 heterocycles. The number of hydrogen-bond acceptors (Lipinski definition) is 4. The van der Waals surface area contributed by atoms with E-state index in [1.165, 1.54) is 26.0 Å². The number of benzene rings is 1. The predicted octanol–water partition coefficient (Wildman–Crippen LogP) is 2.53. The molecule has 0 fully saturated rings. The van der Waals surface area contributed by atoms with Crippen molar-refractivity contribution in [1.29, 1.82) is 0 Å². The highest BCUT2D eigenvalue weighted by molar-refractivity contribution is 5.84. The van der Waals surface area contributed by atoms with Gasteiger partial charge < -0.3 is 10.4 Å². The van der Waals surface area contributed by atoms with Gasteiger partial charge in [-0.1, -0.05) is 12.1 Å². The van der Waals surface area contributed by atoms with E-state index in [0.717, 1.165) is 24.8 Å². The maximum atomic E-state index is 11.7. The van der Waals surface area contributed by atoms with E-state index in [0.29, 0.717) is 6.54 Å². The molecular formula is C16H22N2O5. The van der Waals surface area contributed by atoms with Crippen LogP contribution in [0.5, 0.6) is 0 Å². The van der Waals surface area contributed by atoms with Gasteiger partial charge in [0, 0.05) is 25.1 Å². The van der Waals surface area contributed by atoms with Crippen molar-refractivity contribution in [1.82, 2.24) is 5.32 Å². The second-order valence-corrected chi connectivity index (χ2v) is 6.10. The minimum Gasteiger partial charge on any atom is -0.481 e. The Bertz CT molecular complexity index is 566.